The number of alkyl halides is 3. The number of aryl methyl sites for hydroxylation is 1. The van der Waals surface area contributed by atoms with Gasteiger partial charge in [-0.2, -0.15) is 13.2 Å². The van der Waals surface area contributed by atoms with Gasteiger partial charge in [0, 0.05) is 11.9 Å². The summed E-state index contributed by atoms with van der Waals surface area (Å²) >= 11 is 0. The molecular weight excluding hydrogens is 293 g/mol. The van der Waals surface area contributed by atoms with Gasteiger partial charge in [-0.1, -0.05) is 12.1 Å². The minimum absolute atomic E-state index is 0.0294. The van der Waals surface area contributed by atoms with Crippen LogP contribution in [-0.2, 0) is 12.7 Å². The Balaban J connectivity index is 2.15. The van der Waals surface area contributed by atoms with Crippen LogP contribution in [0, 0.1) is 6.92 Å². The number of aromatic nitrogens is 3. The molecule has 0 aliphatic carbocycles. The molecule has 0 aliphatic heterocycles. The highest BCUT2D eigenvalue weighted by atomic mass is 19.4. The predicted octanol–water partition coefficient (Wildman–Crippen LogP) is 3.39. The highest BCUT2D eigenvalue weighted by Gasteiger charge is 2.37. The molecule has 0 saturated carbocycles. The summed E-state index contributed by atoms with van der Waals surface area (Å²) < 4.78 is 40.8. The Morgan fingerprint density at radius 3 is 2.50 bits per heavy atom. The molecule has 0 atom stereocenters. The Kier molecular flexibility index (Phi) is 3.27. The normalized spacial score (nSPS) is 12.0. The van der Waals surface area contributed by atoms with Gasteiger partial charge in [-0.05, 0) is 36.2 Å². The average molecular weight is 306 g/mol. The Hall–Kier alpha value is -2.57. The minimum atomic E-state index is -4.54. The molecule has 7 heteroatoms. The van der Waals surface area contributed by atoms with Crippen LogP contribution in [0.2, 0.25) is 0 Å². The maximum atomic E-state index is 13.2. The van der Waals surface area contributed by atoms with Crippen molar-refractivity contribution in [1.82, 2.24) is 14.5 Å². The summed E-state index contributed by atoms with van der Waals surface area (Å²) in [5.74, 6) is -0.947. The van der Waals surface area contributed by atoms with E-state index >= 15 is 0 Å². The zero-order chi connectivity index (χ0) is 15.9. The first-order chi connectivity index (χ1) is 10.3. The van der Waals surface area contributed by atoms with Gasteiger partial charge in [-0.25, -0.2) is 9.97 Å². The fourth-order valence-electron chi connectivity index (χ4n) is 2.28. The summed E-state index contributed by atoms with van der Waals surface area (Å²) in [4.78, 5) is 7.81. The SMILES string of the molecule is Cc1cnc2c(c1)nc(C(F)(F)F)n2Cc1ccc(N)cc1. The first-order valence-electron chi connectivity index (χ1n) is 6.59. The van der Waals surface area contributed by atoms with E-state index in [2.05, 4.69) is 9.97 Å². The van der Waals surface area contributed by atoms with Crippen molar-refractivity contribution in [3.63, 3.8) is 0 Å². The first-order valence-corrected chi connectivity index (χ1v) is 6.59. The fourth-order valence-corrected chi connectivity index (χ4v) is 2.28. The van der Waals surface area contributed by atoms with Crippen molar-refractivity contribution in [2.24, 2.45) is 0 Å². The maximum absolute atomic E-state index is 13.2. The number of nitrogens with two attached hydrogens (primary N) is 1. The molecule has 1 aromatic carbocycles. The molecule has 3 rings (SSSR count). The van der Waals surface area contributed by atoms with E-state index in [1.807, 2.05) is 0 Å². The Bertz CT molecular complexity index is 819. The molecule has 3 aromatic rings. The van der Waals surface area contributed by atoms with Gasteiger partial charge >= 0.3 is 6.18 Å². The zero-order valence-corrected chi connectivity index (χ0v) is 11.7. The summed E-state index contributed by atoms with van der Waals surface area (Å²) in [5.41, 5.74) is 8.07. The molecule has 4 nitrogen and oxygen atoms in total. The number of nitrogens with zero attached hydrogens (tertiary/aromatic N) is 3. The van der Waals surface area contributed by atoms with Crippen LogP contribution >= 0.6 is 0 Å². The number of nitrogen functional groups attached to an aromatic ring is 1. The van der Waals surface area contributed by atoms with Crippen LogP contribution in [0.5, 0.6) is 0 Å². The predicted molar refractivity (Wildman–Crippen MR) is 77.2 cm³/mol. The summed E-state index contributed by atoms with van der Waals surface area (Å²) in [7, 11) is 0. The Labute approximate surface area is 124 Å². The highest BCUT2D eigenvalue weighted by Crippen LogP contribution is 2.31. The van der Waals surface area contributed by atoms with Crippen molar-refractivity contribution >= 4 is 16.9 Å². The van der Waals surface area contributed by atoms with E-state index in [0.717, 1.165) is 10.1 Å². The molecule has 0 fully saturated rings. The van der Waals surface area contributed by atoms with Crippen molar-refractivity contribution in [2.75, 3.05) is 5.73 Å². The van der Waals surface area contributed by atoms with E-state index in [1.165, 1.54) is 6.20 Å². The van der Waals surface area contributed by atoms with Crippen LogP contribution in [0.3, 0.4) is 0 Å². The first kappa shape index (κ1) is 14.4. The highest BCUT2D eigenvalue weighted by molar-refractivity contribution is 5.72. The number of hydrogen-bond donors (Lipinski definition) is 1. The van der Waals surface area contributed by atoms with Crippen LogP contribution < -0.4 is 5.73 Å². The van der Waals surface area contributed by atoms with Gasteiger partial charge in [-0.15, -0.1) is 0 Å². The van der Waals surface area contributed by atoms with Gasteiger partial charge in [0.25, 0.3) is 0 Å². The lowest BCUT2D eigenvalue weighted by Gasteiger charge is -2.11. The number of hydrogen-bond acceptors (Lipinski definition) is 3. The van der Waals surface area contributed by atoms with Crippen molar-refractivity contribution in [2.45, 2.75) is 19.6 Å². The lowest BCUT2D eigenvalue weighted by atomic mass is 10.2. The Morgan fingerprint density at radius 1 is 1.18 bits per heavy atom. The third-order valence-electron chi connectivity index (χ3n) is 3.30. The average Bonchev–Trinajstić information content (AvgIpc) is 2.79. The van der Waals surface area contributed by atoms with Crippen LogP contribution in [0.4, 0.5) is 18.9 Å². The molecule has 0 amide bonds. The van der Waals surface area contributed by atoms with E-state index in [-0.39, 0.29) is 17.7 Å². The van der Waals surface area contributed by atoms with E-state index < -0.39 is 12.0 Å². The topological polar surface area (TPSA) is 56.7 Å². The van der Waals surface area contributed by atoms with Crippen LogP contribution in [0.25, 0.3) is 11.2 Å². The molecule has 0 bridgehead atoms. The third-order valence-corrected chi connectivity index (χ3v) is 3.30. The number of fused-ring (bicyclic) bond motifs is 1. The standard InChI is InChI=1S/C15H13F3N4/c1-9-6-12-13(20-7-9)22(14(21-12)15(16,17)18)8-10-2-4-11(19)5-3-10/h2-7H,8,19H2,1H3. The zero-order valence-electron chi connectivity index (χ0n) is 11.7. The summed E-state index contributed by atoms with van der Waals surface area (Å²) in [6.07, 6.45) is -3.01. The van der Waals surface area contributed by atoms with Gasteiger partial charge in [0.2, 0.25) is 5.82 Å². The monoisotopic (exact) mass is 306 g/mol. The molecule has 0 radical (unpaired) electrons. The van der Waals surface area contributed by atoms with Crippen molar-refractivity contribution in [3.05, 3.63) is 53.5 Å². The van der Waals surface area contributed by atoms with E-state index in [1.54, 1.807) is 37.3 Å². The van der Waals surface area contributed by atoms with Crippen LogP contribution in [-0.4, -0.2) is 14.5 Å². The number of halogens is 3. The molecule has 0 aliphatic rings. The van der Waals surface area contributed by atoms with Gasteiger partial charge in [-0.3, -0.25) is 0 Å². The second-order valence-corrected chi connectivity index (χ2v) is 5.12. The van der Waals surface area contributed by atoms with Crippen molar-refractivity contribution in [3.8, 4) is 0 Å². The third kappa shape index (κ3) is 2.61. The minimum Gasteiger partial charge on any atom is -0.399 e. The van der Waals surface area contributed by atoms with Crippen molar-refractivity contribution in [1.29, 1.82) is 0 Å². The largest absolute Gasteiger partial charge is 0.449 e. The molecule has 114 valence electrons. The van der Waals surface area contributed by atoms with Gasteiger partial charge in [0.1, 0.15) is 5.52 Å². The number of rotatable bonds is 2. The smallest absolute Gasteiger partial charge is 0.399 e. The maximum Gasteiger partial charge on any atom is 0.449 e. The fraction of sp³-hybridized carbons (Fsp3) is 0.200. The number of imidazole rings is 1. The van der Waals surface area contributed by atoms with E-state index in [0.29, 0.717) is 11.3 Å². The van der Waals surface area contributed by atoms with Gasteiger partial charge in [0.05, 0.1) is 6.54 Å². The van der Waals surface area contributed by atoms with Gasteiger partial charge < -0.3 is 10.3 Å². The quantitative estimate of drug-likeness (QED) is 0.738. The molecule has 2 heterocycles. The van der Waals surface area contributed by atoms with E-state index in [4.69, 9.17) is 5.73 Å². The molecule has 0 unspecified atom stereocenters. The Morgan fingerprint density at radius 2 is 1.86 bits per heavy atom. The lowest BCUT2D eigenvalue weighted by Crippen LogP contribution is -2.16. The number of benzene rings is 1. The summed E-state index contributed by atoms with van der Waals surface area (Å²) in [6, 6.07) is 8.28. The van der Waals surface area contributed by atoms with Crippen LogP contribution in [0.1, 0.15) is 17.0 Å². The summed E-state index contributed by atoms with van der Waals surface area (Å²) in [5, 5.41) is 0. The molecule has 2 aromatic heterocycles. The molecule has 0 saturated heterocycles. The second kappa shape index (κ2) is 5.01. The molecule has 0 spiro atoms. The molecule has 2 N–H and O–H groups in total. The molecular formula is C15H13F3N4. The van der Waals surface area contributed by atoms with Gasteiger partial charge in [0.15, 0.2) is 5.65 Å². The van der Waals surface area contributed by atoms with Crippen molar-refractivity contribution < 1.29 is 13.2 Å². The molecule has 22 heavy (non-hydrogen) atoms. The number of pyridine rings is 1. The van der Waals surface area contributed by atoms with E-state index in [9.17, 15) is 13.2 Å². The number of anilines is 1. The second-order valence-electron chi connectivity index (χ2n) is 5.12. The lowest BCUT2D eigenvalue weighted by molar-refractivity contribution is -0.146. The van der Waals surface area contributed by atoms with Crippen LogP contribution in [0.15, 0.2) is 36.5 Å². The summed E-state index contributed by atoms with van der Waals surface area (Å²) in [6.45, 7) is 1.79.